The number of hydrogen-bond acceptors (Lipinski definition) is 1. The molecule has 0 fully saturated rings. The van der Waals surface area contributed by atoms with Crippen molar-refractivity contribution in [2.75, 3.05) is 0 Å². The summed E-state index contributed by atoms with van der Waals surface area (Å²) in [5.41, 5.74) is 3.13. The van der Waals surface area contributed by atoms with Crippen molar-refractivity contribution in [1.29, 1.82) is 0 Å². The van der Waals surface area contributed by atoms with Crippen molar-refractivity contribution in [3.05, 3.63) is 77.4 Å². The van der Waals surface area contributed by atoms with Gasteiger partial charge in [0.2, 0.25) is 0 Å². The fraction of sp³-hybridized carbons (Fsp3) is 0.118. The topological polar surface area (TPSA) is 37.3 Å². The Hall–Kier alpha value is -2.35. The van der Waals surface area contributed by atoms with Crippen LogP contribution in [0.1, 0.15) is 18.1 Å². The van der Waals surface area contributed by atoms with Crippen molar-refractivity contribution >= 4 is 11.5 Å². The third kappa shape index (κ3) is 3.32. The first-order valence-corrected chi connectivity index (χ1v) is 6.21. The summed E-state index contributed by atoms with van der Waals surface area (Å²) < 4.78 is 0. The smallest absolute Gasteiger partial charge is 0.336 e. The van der Waals surface area contributed by atoms with E-state index >= 15 is 0 Å². The van der Waals surface area contributed by atoms with Crippen molar-refractivity contribution in [2.45, 2.75) is 13.3 Å². The average Bonchev–Trinajstić information content (AvgIpc) is 2.40. The van der Waals surface area contributed by atoms with Crippen molar-refractivity contribution in [3.8, 4) is 0 Å². The number of carbonyl (C=O) groups is 1. The summed E-state index contributed by atoms with van der Waals surface area (Å²) in [4.78, 5) is 11.5. The molecule has 2 aromatic carbocycles. The van der Waals surface area contributed by atoms with Crippen molar-refractivity contribution in [2.24, 2.45) is 0 Å². The third-order valence-corrected chi connectivity index (χ3v) is 3.02. The Morgan fingerprint density at radius 3 is 2.00 bits per heavy atom. The fourth-order valence-corrected chi connectivity index (χ4v) is 2.15. The molecule has 96 valence electrons. The largest absolute Gasteiger partial charge is 0.478 e. The third-order valence-electron chi connectivity index (χ3n) is 3.02. The molecular weight excluding hydrogens is 236 g/mol. The lowest BCUT2D eigenvalue weighted by Crippen LogP contribution is -2.04. The van der Waals surface area contributed by atoms with Crippen LogP contribution >= 0.6 is 0 Å². The molecule has 0 aliphatic rings. The molecule has 0 amide bonds. The highest BCUT2D eigenvalue weighted by Gasteiger charge is 2.13. The van der Waals surface area contributed by atoms with Gasteiger partial charge in [-0.25, -0.2) is 4.79 Å². The van der Waals surface area contributed by atoms with Crippen LogP contribution in [0.3, 0.4) is 0 Å². The van der Waals surface area contributed by atoms with Crippen LogP contribution in [0.4, 0.5) is 0 Å². The van der Waals surface area contributed by atoms with Crippen molar-refractivity contribution in [1.82, 2.24) is 0 Å². The van der Waals surface area contributed by atoms with Gasteiger partial charge in [0.25, 0.3) is 0 Å². The van der Waals surface area contributed by atoms with Gasteiger partial charge in [-0.05, 0) is 24.5 Å². The summed E-state index contributed by atoms with van der Waals surface area (Å²) in [6, 6.07) is 19.2. The van der Waals surface area contributed by atoms with Gasteiger partial charge in [-0.1, -0.05) is 66.2 Å². The zero-order valence-corrected chi connectivity index (χ0v) is 10.8. The lowest BCUT2D eigenvalue weighted by molar-refractivity contribution is -0.130. The molecule has 1 N–H and O–H groups in total. The van der Waals surface area contributed by atoms with E-state index in [1.54, 1.807) is 0 Å². The van der Waals surface area contributed by atoms with Crippen LogP contribution in [-0.4, -0.2) is 11.1 Å². The molecule has 0 aliphatic heterocycles. The summed E-state index contributed by atoms with van der Waals surface area (Å²) >= 11 is 0. The minimum atomic E-state index is -0.875. The second-order valence-electron chi connectivity index (χ2n) is 4.49. The number of carboxylic acids is 1. The summed E-state index contributed by atoms with van der Waals surface area (Å²) in [6.07, 6.45) is 0.650. The lowest BCUT2D eigenvalue weighted by atomic mass is 9.96. The quantitative estimate of drug-likeness (QED) is 0.841. The van der Waals surface area contributed by atoms with Gasteiger partial charge in [-0.3, -0.25) is 0 Å². The normalized spacial score (nSPS) is 11.8. The van der Waals surface area contributed by atoms with E-state index in [-0.39, 0.29) is 0 Å². The Kier molecular flexibility index (Phi) is 4.14. The first-order chi connectivity index (χ1) is 9.18. The number of benzene rings is 2. The lowest BCUT2D eigenvalue weighted by Gasteiger charge is -2.09. The van der Waals surface area contributed by atoms with Crippen LogP contribution in [0.5, 0.6) is 0 Å². The van der Waals surface area contributed by atoms with Crippen LogP contribution in [0.2, 0.25) is 0 Å². The minimum Gasteiger partial charge on any atom is -0.478 e. The van der Waals surface area contributed by atoms with Crippen LogP contribution in [-0.2, 0) is 11.2 Å². The van der Waals surface area contributed by atoms with E-state index in [9.17, 15) is 9.90 Å². The maximum atomic E-state index is 11.5. The average molecular weight is 252 g/mol. The summed E-state index contributed by atoms with van der Waals surface area (Å²) in [5, 5.41) is 9.42. The number of carboxylic acid groups (broad SMARTS) is 1. The Balaban J connectivity index is 2.37. The molecule has 2 aromatic rings. The van der Waals surface area contributed by atoms with Gasteiger partial charge in [0.05, 0.1) is 5.57 Å². The predicted molar refractivity (Wildman–Crippen MR) is 76.8 cm³/mol. The first-order valence-electron chi connectivity index (χ1n) is 6.21. The number of rotatable bonds is 4. The summed E-state index contributed by atoms with van der Waals surface area (Å²) in [6.45, 7) is 1.88. The number of allylic oxidation sites excluding steroid dienone is 1. The highest BCUT2D eigenvalue weighted by atomic mass is 16.4. The molecule has 19 heavy (non-hydrogen) atoms. The zero-order chi connectivity index (χ0) is 13.7. The molecule has 0 aromatic heterocycles. The van der Waals surface area contributed by atoms with Gasteiger partial charge in [0.1, 0.15) is 0 Å². The van der Waals surface area contributed by atoms with E-state index in [0.717, 1.165) is 16.7 Å². The van der Waals surface area contributed by atoms with Crippen molar-refractivity contribution in [3.63, 3.8) is 0 Å². The van der Waals surface area contributed by atoms with E-state index in [0.29, 0.717) is 12.0 Å². The Bertz CT molecular complexity index is 583. The van der Waals surface area contributed by atoms with E-state index in [1.807, 2.05) is 67.6 Å². The van der Waals surface area contributed by atoms with Crippen LogP contribution in [0.15, 0.2) is 66.2 Å². The first kappa shape index (κ1) is 13.1. The Morgan fingerprint density at radius 1 is 0.947 bits per heavy atom. The maximum absolute atomic E-state index is 11.5. The molecular formula is C17H16O2. The van der Waals surface area contributed by atoms with E-state index in [4.69, 9.17) is 0 Å². The van der Waals surface area contributed by atoms with E-state index < -0.39 is 5.97 Å². The predicted octanol–water partition coefficient (Wildman–Crippen LogP) is 3.79. The van der Waals surface area contributed by atoms with E-state index in [1.165, 1.54) is 0 Å². The van der Waals surface area contributed by atoms with Crippen LogP contribution < -0.4 is 0 Å². The van der Waals surface area contributed by atoms with Crippen molar-refractivity contribution < 1.29 is 9.90 Å². The highest BCUT2D eigenvalue weighted by molar-refractivity contribution is 6.16. The minimum absolute atomic E-state index is 0.393. The highest BCUT2D eigenvalue weighted by Crippen LogP contribution is 2.21. The SMILES string of the molecule is CC(Cc1ccccc1)=C(C(=O)O)c1ccccc1. The van der Waals surface area contributed by atoms with Gasteiger partial charge in [-0.15, -0.1) is 0 Å². The molecule has 2 heteroatoms. The summed E-state index contributed by atoms with van der Waals surface area (Å²) in [5.74, 6) is -0.875. The second-order valence-corrected chi connectivity index (χ2v) is 4.49. The zero-order valence-electron chi connectivity index (χ0n) is 10.8. The van der Waals surface area contributed by atoms with Gasteiger partial charge < -0.3 is 5.11 Å². The fourth-order valence-electron chi connectivity index (χ4n) is 2.15. The van der Waals surface area contributed by atoms with Crippen LogP contribution in [0.25, 0.3) is 5.57 Å². The maximum Gasteiger partial charge on any atom is 0.336 e. The molecule has 0 aliphatic carbocycles. The standard InChI is InChI=1S/C17H16O2/c1-13(12-14-8-4-2-5-9-14)16(17(18)19)15-10-6-3-7-11-15/h2-11H,12H2,1H3,(H,18,19). The number of hydrogen-bond donors (Lipinski definition) is 1. The molecule has 0 radical (unpaired) electrons. The molecule has 0 saturated heterocycles. The number of aliphatic carboxylic acids is 1. The molecule has 0 saturated carbocycles. The monoisotopic (exact) mass is 252 g/mol. The van der Waals surface area contributed by atoms with Gasteiger partial charge in [0, 0.05) is 0 Å². The molecule has 0 unspecified atom stereocenters. The van der Waals surface area contributed by atoms with Gasteiger partial charge in [-0.2, -0.15) is 0 Å². The van der Waals surface area contributed by atoms with Crippen LogP contribution in [0, 0.1) is 0 Å². The second kappa shape index (κ2) is 6.01. The van der Waals surface area contributed by atoms with Gasteiger partial charge >= 0.3 is 5.97 Å². The molecule has 0 spiro atoms. The molecule has 2 nitrogen and oxygen atoms in total. The molecule has 2 rings (SSSR count). The Labute approximate surface area is 113 Å². The molecule has 0 heterocycles. The van der Waals surface area contributed by atoms with E-state index in [2.05, 4.69) is 0 Å². The Morgan fingerprint density at radius 2 is 1.47 bits per heavy atom. The molecule has 0 atom stereocenters. The molecule has 0 bridgehead atoms. The van der Waals surface area contributed by atoms with Gasteiger partial charge in [0.15, 0.2) is 0 Å². The summed E-state index contributed by atoms with van der Waals surface area (Å²) in [7, 11) is 0.